The topological polar surface area (TPSA) is 210 Å². The zero-order chi connectivity index (χ0) is 73.2. The zero-order valence-electron chi connectivity index (χ0n) is 62.1. The third kappa shape index (κ3) is 20.3. The molecule has 22 heteroatoms. The van der Waals surface area contributed by atoms with Gasteiger partial charge in [0.15, 0.2) is 46.0 Å². The normalized spacial score (nSPS) is 15.6. The lowest BCUT2D eigenvalue weighted by Crippen LogP contribution is -2.50. The number of ether oxygens (including phenoxy) is 14. The Hall–Kier alpha value is -9.28. The van der Waals surface area contributed by atoms with Gasteiger partial charge in [0.2, 0.25) is 23.3 Å². The summed E-state index contributed by atoms with van der Waals surface area (Å²) in [6.07, 6.45) is 5.56. The van der Waals surface area contributed by atoms with Gasteiger partial charge in [-0.2, -0.15) is 0 Å². The summed E-state index contributed by atoms with van der Waals surface area (Å²) in [7, 11) is 19.8. The molecule has 0 N–H and O–H groups in total. The lowest BCUT2D eigenvalue weighted by molar-refractivity contribution is -0.162. The van der Waals surface area contributed by atoms with Crippen LogP contribution in [0.4, 0.5) is 0 Å². The number of likely N-dealkylation sites (tertiary alicyclic amines) is 2. The maximum Gasteiger partial charge on any atom is 0.329 e. The molecule has 6 aromatic rings. The molecular weight excluding hydrogens is 1300 g/mol. The van der Waals surface area contributed by atoms with Gasteiger partial charge in [-0.1, -0.05) is 50.2 Å². The molecule has 0 aliphatic carbocycles. The minimum absolute atomic E-state index is 0.167. The second-order valence-corrected chi connectivity index (χ2v) is 25.7. The first-order valence-electron chi connectivity index (χ1n) is 35.4. The first-order valence-corrected chi connectivity index (χ1v) is 35.4. The lowest BCUT2D eigenvalue weighted by Gasteiger charge is -2.37. The van der Waals surface area contributed by atoms with Crippen molar-refractivity contribution in [3.05, 3.63) is 143 Å². The number of aryl methyl sites for hydroxylation is 2. The molecule has 2 aliphatic rings. The van der Waals surface area contributed by atoms with Crippen LogP contribution in [0.2, 0.25) is 0 Å². The number of benzene rings is 6. The molecule has 2 saturated heterocycles. The molecule has 22 nitrogen and oxygen atoms in total. The average Bonchev–Trinajstić information content (AvgIpc) is 0.796. The van der Waals surface area contributed by atoms with Crippen molar-refractivity contribution >= 4 is 23.8 Å². The van der Waals surface area contributed by atoms with Gasteiger partial charge >= 0.3 is 11.9 Å². The van der Waals surface area contributed by atoms with Crippen LogP contribution >= 0.6 is 0 Å². The summed E-state index contributed by atoms with van der Waals surface area (Å²) in [5, 5.41) is 0. The fourth-order valence-corrected chi connectivity index (χ4v) is 13.5. The molecule has 0 radical (unpaired) electrons. The van der Waals surface area contributed by atoms with E-state index in [-0.39, 0.29) is 11.8 Å². The molecule has 8 rings (SSSR count). The predicted octanol–water partition coefficient (Wildman–Crippen LogP) is 12.7. The molecule has 1 unspecified atom stereocenters. The van der Waals surface area contributed by atoms with E-state index >= 15 is 0 Å². The molecule has 0 spiro atoms. The number of rotatable bonds is 39. The number of likely N-dealkylation sites (N-methyl/N-ethyl adjacent to an activating group) is 2. The highest BCUT2D eigenvalue weighted by atomic mass is 16.6. The summed E-state index contributed by atoms with van der Waals surface area (Å²) < 4.78 is 82.0. The van der Waals surface area contributed by atoms with Gasteiger partial charge in [0.1, 0.15) is 49.0 Å². The van der Waals surface area contributed by atoms with E-state index in [1.54, 1.807) is 90.9 Å². The third-order valence-corrected chi connectivity index (χ3v) is 19.3. The van der Waals surface area contributed by atoms with Gasteiger partial charge in [0.25, 0.3) is 0 Å². The molecular formula is C80H106N4O18. The van der Waals surface area contributed by atoms with Gasteiger partial charge in [-0.25, -0.2) is 9.59 Å². The summed E-state index contributed by atoms with van der Waals surface area (Å²) >= 11 is 0. The Morgan fingerprint density at radius 2 is 0.775 bits per heavy atom. The number of carbonyl (C=O) groups excluding carboxylic acids is 4. The number of hydrogen-bond acceptors (Lipinski definition) is 20. The monoisotopic (exact) mass is 1410 g/mol. The zero-order valence-corrected chi connectivity index (χ0v) is 62.1. The van der Waals surface area contributed by atoms with E-state index in [4.69, 9.17) is 66.3 Å². The van der Waals surface area contributed by atoms with Crippen molar-refractivity contribution in [3.8, 4) is 69.0 Å². The van der Waals surface area contributed by atoms with Crippen molar-refractivity contribution in [2.75, 3.05) is 138 Å². The Kier molecular flexibility index (Phi) is 30.2. The first kappa shape index (κ1) is 78.4. The number of nitrogens with zero attached hydrogens (tertiary/aromatic N) is 4. The fourth-order valence-electron chi connectivity index (χ4n) is 13.5. The Morgan fingerprint density at radius 1 is 0.412 bits per heavy atom. The Balaban J connectivity index is 0.884. The maximum absolute atomic E-state index is 14.7. The second kappa shape index (κ2) is 39.2. The van der Waals surface area contributed by atoms with Crippen LogP contribution in [0.3, 0.4) is 0 Å². The van der Waals surface area contributed by atoms with Crippen LogP contribution in [0.25, 0.3) is 0 Å². The van der Waals surface area contributed by atoms with Gasteiger partial charge in [-0.3, -0.25) is 9.59 Å². The largest absolute Gasteiger partial charge is 0.493 e. The van der Waals surface area contributed by atoms with Crippen molar-refractivity contribution in [3.63, 3.8) is 0 Å². The molecule has 2 aliphatic heterocycles. The maximum atomic E-state index is 14.7. The number of esters is 2. The predicted molar refractivity (Wildman–Crippen MR) is 389 cm³/mol. The van der Waals surface area contributed by atoms with Crippen LogP contribution in [0.5, 0.6) is 69.0 Å². The van der Waals surface area contributed by atoms with E-state index in [1.165, 1.54) is 14.2 Å². The highest BCUT2D eigenvalue weighted by molar-refractivity contribution is 5.90. The smallest absolute Gasteiger partial charge is 0.329 e. The van der Waals surface area contributed by atoms with Gasteiger partial charge in [0.05, 0.1) is 82.9 Å². The molecule has 6 aromatic carbocycles. The number of amides is 2. The lowest BCUT2D eigenvalue weighted by atomic mass is 9.91. The molecule has 0 aromatic heterocycles. The SMILES string of the molecule is CC[C@H](C(=O)N1CCCCC1C(=O)O[C@H](CCc1ccc(OC)c(OC)c1)c1cccc(OCCN(C)CCN(C)CCOc2cccc([C@@H](CCc3ccc(OC)c(OC)c3)OC(=O)[C@@H]3CCCCN3C(=O)[C@@H](CC)c3cc(OC)c(OC)c(OC)c3)c2)c1)c1cc(OC)c(OC)c(OC)c1. The highest BCUT2D eigenvalue weighted by Gasteiger charge is 2.40. The van der Waals surface area contributed by atoms with Crippen molar-refractivity contribution in [2.45, 2.75) is 127 Å². The summed E-state index contributed by atoms with van der Waals surface area (Å²) in [5.41, 5.74) is 4.88. The number of piperidine rings is 2. The molecule has 2 heterocycles. The molecule has 6 atom stereocenters. The summed E-state index contributed by atoms with van der Waals surface area (Å²) in [4.78, 5) is 66.6. The molecule has 2 fully saturated rings. The van der Waals surface area contributed by atoms with Crippen molar-refractivity contribution in [2.24, 2.45) is 0 Å². The van der Waals surface area contributed by atoms with Gasteiger partial charge < -0.3 is 85.9 Å². The summed E-state index contributed by atoms with van der Waals surface area (Å²) in [6.45, 7) is 8.34. The van der Waals surface area contributed by atoms with Crippen molar-refractivity contribution in [1.82, 2.24) is 19.6 Å². The van der Waals surface area contributed by atoms with E-state index in [2.05, 4.69) is 23.9 Å². The van der Waals surface area contributed by atoms with Crippen molar-refractivity contribution < 1.29 is 85.5 Å². The second-order valence-electron chi connectivity index (χ2n) is 25.7. The van der Waals surface area contributed by atoms with E-state index in [0.29, 0.717) is 171 Å². The molecule has 102 heavy (non-hydrogen) atoms. The molecule has 554 valence electrons. The minimum Gasteiger partial charge on any atom is -0.493 e. The van der Waals surface area contributed by atoms with Crippen LogP contribution in [0.15, 0.2) is 109 Å². The Morgan fingerprint density at radius 3 is 1.11 bits per heavy atom. The van der Waals surface area contributed by atoms with Gasteiger partial charge in [-0.05, 0) is 197 Å². The van der Waals surface area contributed by atoms with Crippen LogP contribution in [-0.2, 0) is 41.5 Å². The molecule has 0 saturated carbocycles. The van der Waals surface area contributed by atoms with E-state index in [9.17, 15) is 19.2 Å². The van der Waals surface area contributed by atoms with Gasteiger partial charge in [0, 0.05) is 39.3 Å². The van der Waals surface area contributed by atoms with Crippen molar-refractivity contribution in [1.29, 1.82) is 0 Å². The van der Waals surface area contributed by atoms with Gasteiger partial charge in [-0.15, -0.1) is 0 Å². The summed E-state index contributed by atoms with van der Waals surface area (Å²) in [5.74, 6) is 3.92. The molecule has 2 amide bonds. The van der Waals surface area contributed by atoms with Crippen LogP contribution in [0.1, 0.15) is 135 Å². The van der Waals surface area contributed by atoms with Crippen LogP contribution in [-0.4, -0.2) is 193 Å². The Labute approximate surface area is 602 Å². The summed E-state index contributed by atoms with van der Waals surface area (Å²) in [6, 6.07) is 32.6. The molecule has 0 bridgehead atoms. The van der Waals surface area contributed by atoms with Crippen LogP contribution < -0.4 is 56.8 Å². The Bertz CT molecular complexity index is 3410. The average molecular weight is 1410 g/mol. The van der Waals surface area contributed by atoms with E-state index in [1.807, 2.05) is 98.8 Å². The standard InChI is InChI=1S/C80H106N4O18/c1-15-61(57-49-71(93-9)75(97-13)72(50-57)94-10)77(85)83-37-19-17-27-63(83)79(87)101-65(33-29-53-31-35-67(89-5)69(45-53)91-7)55-23-21-25-59(47-55)99-43-41-81(3)39-40-82(4)42-44-100-60-26-22-24-56(48-60)66(34-30-54-32-36-68(90-6)70(46-54)92-8)102-80(88)64-28-18-20-38-84(64)78(86)62(16-2)58-51-73(95-11)76(98-14)74(52-58)96-12/h21-26,31-32,35-36,45-52,61-66H,15-20,27-30,33-34,37-44H2,1-14H3/t61-,62-,63-,64?,65+,66+/m0/s1. The first-order chi connectivity index (χ1) is 49.5. The number of carbonyl (C=O) groups is 4. The number of hydrogen-bond donors (Lipinski definition) is 0. The number of methoxy groups -OCH3 is 10. The van der Waals surface area contributed by atoms with E-state index < -0.39 is 48.1 Å². The van der Waals surface area contributed by atoms with E-state index in [0.717, 1.165) is 61.0 Å². The fraction of sp³-hybridized carbons (Fsp3) is 0.500. The quantitative estimate of drug-likeness (QED) is 0.0328. The minimum atomic E-state index is -0.789. The highest BCUT2D eigenvalue weighted by Crippen LogP contribution is 2.44. The van der Waals surface area contributed by atoms with Crippen LogP contribution in [0, 0.1) is 0 Å². The third-order valence-electron chi connectivity index (χ3n) is 19.3.